The Hall–Kier alpha value is -2.74. The fraction of sp³-hybridized carbons (Fsp3) is 0.412. The maximum absolute atomic E-state index is 12.2. The third kappa shape index (κ3) is 4.48. The number of benzene rings is 1. The van der Waals surface area contributed by atoms with E-state index in [-0.39, 0.29) is 29.0 Å². The zero-order chi connectivity index (χ0) is 19.9. The van der Waals surface area contributed by atoms with Crippen molar-refractivity contribution < 1.29 is 31.4 Å². The second kappa shape index (κ2) is 9.17. The highest BCUT2D eigenvalue weighted by Crippen LogP contribution is 2.24. The van der Waals surface area contributed by atoms with E-state index in [1.54, 1.807) is 12.1 Å². The van der Waals surface area contributed by atoms with Gasteiger partial charge in [0.25, 0.3) is 5.56 Å². The van der Waals surface area contributed by atoms with Crippen molar-refractivity contribution in [1.29, 1.82) is 0 Å². The molecule has 12 nitrogen and oxygen atoms in total. The summed E-state index contributed by atoms with van der Waals surface area (Å²) in [6.07, 6.45) is -4.68. The molecule has 0 saturated heterocycles. The van der Waals surface area contributed by atoms with Gasteiger partial charge in [0.15, 0.2) is 11.5 Å². The van der Waals surface area contributed by atoms with E-state index in [1.807, 2.05) is 13.8 Å². The summed E-state index contributed by atoms with van der Waals surface area (Å²) >= 11 is 0. The van der Waals surface area contributed by atoms with Crippen molar-refractivity contribution in [2.45, 2.75) is 38.7 Å². The summed E-state index contributed by atoms with van der Waals surface area (Å²) in [6, 6.07) is 3.53. The van der Waals surface area contributed by atoms with Gasteiger partial charge >= 0.3 is 5.69 Å². The van der Waals surface area contributed by atoms with Gasteiger partial charge in [-0.1, -0.05) is 0 Å². The number of aromatic nitrogens is 4. The number of rotatable bonds is 5. The molecule has 0 aromatic heterocycles. The average Bonchev–Trinajstić information content (AvgIpc) is 2.62. The fourth-order valence-corrected chi connectivity index (χ4v) is 2.89. The minimum atomic E-state index is -1.64. The molecule has 0 fully saturated rings. The van der Waals surface area contributed by atoms with Gasteiger partial charge in [0.2, 0.25) is 0 Å². The van der Waals surface area contributed by atoms with Gasteiger partial charge in [0.1, 0.15) is 18.3 Å². The van der Waals surface area contributed by atoms with Crippen LogP contribution >= 0.6 is 0 Å². The van der Waals surface area contributed by atoms with Crippen molar-refractivity contribution >= 4 is 11.0 Å². The highest BCUT2D eigenvalue weighted by molar-refractivity contribution is 5.81. The van der Waals surface area contributed by atoms with E-state index in [1.165, 1.54) is 4.57 Å². The lowest BCUT2D eigenvalue weighted by Crippen LogP contribution is -2.42. The van der Waals surface area contributed by atoms with Crippen LogP contribution in [0.4, 0.5) is 0 Å². The van der Waals surface area contributed by atoms with Gasteiger partial charge in [-0.05, 0) is 37.1 Å². The zero-order valence-corrected chi connectivity index (χ0v) is 15.7. The topological polar surface area (TPSA) is 225 Å². The summed E-state index contributed by atoms with van der Waals surface area (Å²) in [4.78, 5) is 34.0. The Kier molecular flexibility index (Phi) is 7.68. The second-order valence-corrected chi connectivity index (χ2v) is 6.50. The Morgan fingerprint density at radius 2 is 1.66 bits per heavy atom. The van der Waals surface area contributed by atoms with Gasteiger partial charge in [-0.25, -0.2) is 9.78 Å². The predicted molar refractivity (Wildman–Crippen MR) is 103 cm³/mol. The van der Waals surface area contributed by atoms with E-state index in [9.17, 15) is 24.9 Å². The summed E-state index contributed by atoms with van der Waals surface area (Å²) in [6.45, 7) is 2.73. The molecule has 29 heavy (non-hydrogen) atoms. The van der Waals surface area contributed by atoms with Crippen molar-refractivity contribution in [2.24, 2.45) is 0 Å². The standard InChI is InChI=1S/C17H20N4O6.2H2O/c1-7-3-9-10(4-8(7)2)21(5-11(23)14(25)12(24)6-22)15-13(18-9)16(26)20-17(27)19-15;;/h3-4,11-12,14,22-25H,5-6H2,1-2H3,(H,20,26,27);2*1H2/t11-,12+,14-;;/m0../s1. The Balaban J connectivity index is 0.00000210. The smallest absolute Gasteiger partial charge is 0.349 e. The van der Waals surface area contributed by atoms with Crippen LogP contribution in [0.3, 0.4) is 0 Å². The Morgan fingerprint density at radius 3 is 2.28 bits per heavy atom. The molecule has 3 rings (SSSR count). The molecule has 1 aromatic rings. The van der Waals surface area contributed by atoms with Crippen LogP contribution in [0.15, 0.2) is 21.7 Å². The molecule has 0 bridgehead atoms. The lowest BCUT2D eigenvalue weighted by Gasteiger charge is -2.25. The number of hydrogen-bond donors (Lipinski definition) is 5. The highest BCUT2D eigenvalue weighted by atomic mass is 16.4. The van der Waals surface area contributed by atoms with Crippen LogP contribution in [0, 0.1) is 13.8 Å². The van der Waals surface area contributed by atoms with Gasteiger partial charge < -0.3 is 35.9 Å². The Labute approximate surface area is 163 Å². The highest BCUT2D eigenvalue weighted by Gasteiger charge is 2.27. The molecule has 160 valence electrons. The number of fused-ring (bicyclic) bond motifs is 2. The van der Waals surface area contributed by atoms with E-state index in [2.05, 4.69) is 15.0 Å². The second-order valence-electron chi connectivity index (χ2n) is 6.50. The fourth-order valence-electron chi connectivity index (χ4n) is 2.89. The first-order valence-electron chi connectivity index (χ1n) is 8.29. The molecule has 0 unspecified atom stereocenters. The quantitative estimate of drug-likeness (QED) is 0.265. The van der Waals surface area contributed by atoms with Crippen molar-refractivity contribution in [1.82, 2.24) is 19.5 Å². The molecule has 1 aromatic carbocycles. The number of H-pyrrole nitrogens is 1. The lowest BCUT2D eigenvalue weighted by atomic mass is 10.1. The summed E-state index contributed by atoms with van der Waals surface area (Å²) in [5.41, 5.74) is 1.11. The normalized spacial score (nSPS) is 14.1. The average molecular weight is 412 g/mol. The SMILES string of the molecule is Cc1cc2nc3c(=O)[nH]c(=O)nc-3n(C[C@H](O)[C@H](O)[C@H](O)CO)c2cc1C.O.O. The van der Waals surface area contributed by atoms with E-state index in [0.29, 0.717) is 11.0 Å². The monoisotopic (exact) mass is 412 g/mol. The summed E-state index contributed by atoms with van der Waals surface area (Å²) in [5, 5.41) is 38.8. The molecule has 2 aliphatic heterocycles. The van der Waals surface area contributed by atoms with Gasteiger partial charge in [-0.15, -0.1) is 0 Å². The van der Waals surface area contributed by atoms with Crippen molar-refractivity contribution in [3.8, 4) is 11.5 Å². The predicted octanol–water partition coefficient (Wildman–Crippen LogP) is -3.37. The van der Waals surface area contributed by atoms with E-state index >= 15 is 0 Å². The van der Waals surface area contributed by atoms with E-state index in [0.717, 1.165) is 11.1 Å². The molecule has 0 spiro atoms. The van der Waals surface area contributed by atoms with E-state index < -0.39 is 36.2 Å². The first-order chi connectivity index (χ1) is 12.7. The molecule has 2 aliphatic rings. The lowest BCUT2D eigenvalue weighted by molar-refractivity contribution is -0.0802. The largest absolute Gasteiger partial charge is 0.412 e. The first kappa shape index (κ1) is 24.3. The van der Waals surface area contributed by atoms with Gasteiger partial charge in [0, 0.05) is 0 Å². The molecule has 0 aliphatic carbocycles. The molecule has 3 atom stereocenters. The molecular weight excluding hydrogens is 388 g/mol. The minimum absolute atomic E-state index is 0. The first-order valence-corrected chi connectivity index (χ1v) is 8.29. The maximum atomic E-state index is 12.2. The number of nitrogens with zero attached hydrogens (tertiary/aromatic N) is 3. The molecule has 0 saturated carbocycles. The molecule has 0 radical (unpaired) electrons. The number of aliphatic hydroxyl groups is 4. The third-order valence-corrected chi connectivity index (χ3v) is 4.57. The molecule has 0 amide bonds. The molecule has 2 heterocycles. The molecular formula is C17H24N4O8. The summed E-state index contributed by atoms with van der Waals surface area (Å²) < 4.78 is 1.40. The van der Waals surface area contributed by atoms with Gasteiger partial charge in [-0.3, -0.25) is 9.78 Å². The number of aryl methyl sites for hydroxylation is 2. The molecule has 12 heteroatoms. The summed E-state index contributed by atoms with van der Waals surface area (Å²) in [5.74, 6) is -0.0516. The third-order valence-electron chi connectivity index (χ3n) is 4.57. The van der Waals surface area contributed by atoms with Gasteiger partial charge in [-0.2, -0.15) is 4.98 Å². The summed E-state index contributed by atoms with van der Waals surface area (Å²) in [7, 11) is 0. The van der Waals surface area contributed by atoms with Gasteiger partial charge in [0.05, 0.1) is 24.2 Å². The van der Waals surface area contributed by atoms with Crippen LogP contribution in [0.1, 0.15) is 11.1 Å². The minimum Gasteiger partial charge on any atom is -0.412 e. The van der Waals surface area contributed by atoms with Crippen LogP contribution < -0.4 is 11.2 Å². The Bertz CT molecular complexity index is 1080. The number of aliphatic hydroxyl groups excluding tert-OH is 4. The number of nitrogens with one attached hydrogen (secondary N) is 1. The van der Waals surface area contributed by atoms with Crippen LogP contribution in [-0.4, -0.2) is 75.8 Å². The number of aromatic amines is 1. The van der Waals surface area contributed by atoms with Crippen molar-refractivity contribution in [3.63, 3.8) is 0 Å². The van der Waals surface area contributed by atoms with Crippen molar-refractivity contribution in [2.75, 3.05) is 6.61 Å². The number of hydrogen-bond acceptors (Lipinski definition) is 8. The van der Waals surface area contributed by atoms with Crippen molar-refractivity contribution in [3.05, 3.63) is 44.1 Å². The van der Waals surface area contributed by atoms with Crippen LogP contribution in [0.2, 0.25) is 0 Å². The Morgan fingerprint density at radius 1 is 1.03 bits per heavy atom. The van der Waals surface area contributed by atoms with E-state index in [4.69, 9.17) is 5.11 Å². The maximum Gasteiger partial charge on any atom is 0.349 e. The van der Waals surface area contributed by atoms with Crippen LogP contribution in [-0.2, 0) is 6.54 Å². The van der Waals surface area contributed by atoms with Crippen LogP contribution in [0.5, 0.6) is 0 Å². The zero-order valence-electron chi connectivity index (χ0n) is 15.7. The molecule has 9 N–H and O–H groups in total. The van der Waals surface area contributed by atoms with Crippen LogP contribution in [0.25, 0.3) is 22.6 Å².